The Hall–Kier alpha value is -0.930. The van der Waals surface area contributed by atoms with Crippen LogP contribution in [0.5, 0.6) is 0 Å². The van der Waals surface area contributed by atoms with Crippen LogP contribution < -0.4 is 5.32 Å². The average Bonchev–Trinajstić information content (AvgIpc) is 2.35. The summed E-state index contributed by atoms with van der Waals surface area (Å²) in [5.41, 5.74) is 1.14. The molecule has 2 nitrogen and oxygen atoms in total. The maximum Gasteiger partial charge on any atom is 0.123 e. The maximum absolute atomic E-state index is 12.8. The molecule has 0 heterocycles. The molecule has 0 aliphatic heterocycles. The summed E-state index contributed by atoms with van der Waals surface area (Å²) in [6.07, 6.45) is 0.885. The number of halogens is 1. The van der Waals surface area contributed by atoms with Crippen LogP contribution in [0.15, 0.2) is 24.3 Å². The zero-order valence-electron chi connectivity index (χ0n) is 11.5. The molecule has 0 saturated heterocycles. The molecule has 2 N–H and O–H groups in total. The Balaban J connectivity index is 2.54. The number of rotatable bonds is 7. The van der Waals surface area contributed by atoms with Crippen molar-refractivity contribution in [2.75, 3.05) is 13.2 Å². The van der Waals surface area contributed by atoms with Gasteiger partial charge in [0.05, 0.1) is 0 Å². The molecule has 0 spiro atoms. The van der Waals surface area contributed by atoms with Crippen molar-refractivity contribution in [2.24, 2.45) is 11.8 Å². The molecule has 0 saturated carbocycles. The van der Waals surface area contributed by atoms with Crippen LogP contribution in [0.25, 0.3) is 0 Å². The van der Waals surface area contributed by atoms with Crippen molar-refractivity contribution in [1.82, 2.24) is 5.32 Å². The van der Waals surface area contributed by atoms with E-state index in [-0.39, 0.29) is 18.3 Å². The van der Waals surface area contributed by atoms with Gasteiger partial charge in [0, 0.05) is 19.2 Å². The third-order valence-corrected chi connectivity index (χ3v) is 3.21. The Bertz CT molecular complexity index is 337. The largest absolute Gasteiger partial charge is 0.396 e. The molecule has 102 valence electrons. The first-order valence-corrected chi connectivity index (χ1v) is 6.61. The van der Waals surface area contributed by atoms with E-state index in [1.54, 1.807) is 0 Å². The Labute approximate surface area is 109 Å². The quantitative estimate of drug-likeness (QED) is 0.783. The van der Waals surface area contributed by atoms with Crippen LogP contribution in [-0.4, -0.2) is 24.3 Å². The van der Waals surface area contributed by atoms with Crippen molar-refractivity contribution < 1.29 is 9.50 Å². The van der Waals surface area contributed by atoms with Crippen molar-refractivity contribution >= 4 is 0 Å². The van der Waals surface area contributed by atoms with Crippen LogP contribution in [0, 0.1) is 17.7 Å². The second-order valence-corrected chi connectivity index (χ2v) is 5.38. The molecule has 18 heavy (non-hydrogen) atoms. The van der Waals surface area contributed by atoms with Gasteiger partial charge in [-0.1, -0.05) is 32.9 Å². The van der Waals surface area contributed by atoms with Gasteiger partial charge in [-0.3, -0.25) is 0 Å². The molecule has 3 heteroatoms. The first-order valence-electron chi connectivity index (χ1n) is 6.61. The number of nitrogens with one attached hydrogen (secondary N) is 1. The molecule has 2 unspecified atom stereocenters. The summed E-state index contributed by atoms with van der Waals surface area (Å²) in [6.45, 7) is 7.37. The van der Waals surface area contributed by atoms with Crippen molar-refractivity contribution in [1.29, 1.82) is 0 Å². The van der Waals surface area contributed by atoms with E-state index in [4.69, 9.17) is 5.11 Å². The molecule has 1 rings (SSSR count). The van der Waals surface area contributed by atoms with Gasteiger partial charge in [0.1, 0.15) is 5.82 Å². The highest BCUT2D eigenvalue weighted by atomic mass is 19.1. The summed E-state index contributed by atoms with van der Waals surface area (Å²) < 4.78 is 12.8. The second kappa shape index (κ2) is 7.49. The van der Waals surface area contributed by atoms with E-state index in [0.717, 1.165) is 18.5 Å². The normalized spacial score (nSPS) is 14.8. The lowest BCUT2D eigenvalue weighted by Gasteiger charge is -2.24. The predicted octanol–water partition coefficient (Wildman–Crippen LogP) is 2.61. The topological polar surface area (TPSA) is 32.3 Å². The highest BCUT2D eigenvalue weighted by Gasteiger charge is 2.14. The Morgan fingerprint density at radius 1 is 1.17 bits per heavy atom. The van der Waals surface area contributed by atoms with Crippen molar-refractivity contribution in [3.63, 3.8) is 0 Å². The van der Waals surface area contributed by atoms with Gasteiger partial charge < -0.3 is 10.4 Å². The second-order valence-electron chi connectivity index (χ2n) is 5.38. The van der Waals surface area contributed by atoms with Crippen molar-refractivity contribution in [3.05, 3.63) is 35.6 Å². The summed E-state index contributed by atoms with van der Waals surface area (Å²) in [4.78, 5) is 0. The standard InChI is InChI=1S/C15H24FNO/c1-11(2)15(17-9-12(3)10-18)8-13-4-6-14(16)7-5-13/h4-7,11-12,15,17-18H,8-10H2,1-3H3. The van der Waals surface area contributed by atoms with Crippen LogP contribution >= 0.6 is 0 Å². The Morgan fingerprint density at radius 3 is 2.28 bits per heavy atom. The molecule has 1 aromatic rings. The molecule has 0 bridgehead atoms. The van der Waals surface area contributed by atoms with Gasteiger partial charge in [0.25, 0.3) is 0 Å². The summed E-state index contributed by atoms with van der Waals surface area (Å²) >= 11 is 0. The van der Waals surface area contributed by atoms with E-state index in [1.807, 2.05) is 19.1 Å². The minimum Gasteiger partial charge on any atom is -0.396 e. The van der Waals surface area contributed by atoms with Gasteiger partial charge in [-0.05, 0) is 36.0 Å². The molecule has 0 radical (unpaired) electrons. The van der Waals surface area contributed by atoms with Crippen LogP contribution in [-0.2, 0) is 6.42 Å². The molecular weight excluding hydrogens is 229 g/mol. The molecular formula is C15H24FNO. The first-order chi connectivity index (χ1) is 8.52. The lowest BCUT2D eigenvalue weighted by molar-refractivity contribution is 0.225. The summed E-state index contributed by atoms with van der Waals surface area (Å²) in [5, 5.41) is 12.5. The first kappa shape index (κ1) is 15.1. The molecule has 0 amide bonds. The predicted molar refractivity (Wildman–Crippen MR) is 73.0 cm³/mol. The Morgan fingerprint density at radius 2 is 1.78 bits per heavy atom. The van der Waals surface area contributed by atoms with Crippen molar-refractivity contribution in [2.45, 2.75) is 33.2 Å². The van der Waals surface area contributed by atoms with E-state index in [1.165, 1.54) is 12.1 Å². The minimum absolute atomic E-state index is 0.193. The van der Waals surface area contributed by atoms with Gasteiger partial charge in [-0.15, -0.1) is 0 Å². The Kier molecular flexibility index (Phi) is 6.30. The zero-order valence-corrected chi connectivity index (χ0v) is 11.5. The fourth-order valence-electron chi connectivity index (χ4n) is 1.84. The van der Waals surface area contributed by atoms with Gasteiger partial charge >= 0.3 is 0 Å². The maximum atomic E-state index is 12.8. The van der Waals surface area contributed by atoms with Gasteiger partial charge in [0.2, 0.25) is 0 Å². The van der Waals surface area contributed by atoms with Crippen LogP contribution in [0.3, 0.4) is 0 Å². The lowest BCUT2D eigenvalue weighted by Crippen LogP contribution is -2.39. The molecule has 0 aliphatic carbocycles. The van der Waals surface area contributed by atoms with E-state index in [9.17, 15) is 4.39 Å². The number of benzene rings is 1. The smallest absolute Gasteiger partial charge is 0.123 e. The number of aliphatic hydroxyl groups is 1. The lowest BCUT2D eigenvalue weighted by atomic mass is 9.96. The third kappa shape index (κ3) is 5.15. The van der Waals surface area contributed by atoms with Gasteiger partial charge in [0.15, 0.2) is 0 Å². The highest BCUT2D eigenvalue weighted by molar-refractivity contribution is 5.17. The number of hydrogen-bond acceptors (Lipinski definition) is 2. The van der Waals surface area contributed by atoms with Crippen LogP contribution in [0.2, 0.25) is 0 Å². The summed E-state index contributed by atoms with van der Waals surface area (Å²) in [7, 11) is 0. The monoisotopic (exact) mass is 253 g/mol. The minimum atomic E-state index is -0.193. The van der Waals surface area contributed by atoms with Gasteiger partial charge in [-0.2, -0.15) is 0 Å². The van der Waals surface area contributed by atoms with E-state index >= 15 is 0 Å². The molecule has 0 aliphatic rings. The molecule has 1 aromatic carbocycles. The number of aliphatic hydroxyl groups excluding tert-OH is 1. The SMILES string of the molecule is CC(CO)CNC(Cc1ccc(F)cc1)C(C)C. The third-order valence-electron chi connectivity index (χ3n) is 3.21. The fourth-order valence-corrected chi connectivity index (χ4v) is 1.84. The van der Waals surface area contributed by atoms with Crippen molar-refractivity contribution in [3.8, 4) is 0 Å². The van der Waals surface area contributed by atoms with Crippen LogP contribution in [0.4, 0.5) is 4.39 Å². The zero-order chi connectivity index (χ0) is 13.5. The summed E-state index contributed by atoms with van der Waals surface area (Å²) in [6, 6.07) is 7.03. The van der Waals surface area contributed by atoms with E-state index in [0.29, 0.717) is 12.0 Å². The summed E-state index contributed by atoms with van der Waals surface area (Å²) in [5.74, 6) is 0.571. The van der Waals surface area contributed by atoms with Gasteiger partial charge in [-0.25, -0.2) is 4.39 Å². The van der Waals surface area contributed by atoms with Crippen LogP contribution in [0.1, 0.15) is 26.3 Å². The molecule has 0 fully saturated rings. The average molecular weight is 253 g/mol. The fraction of sp³-hybridized carbons (Fsp3) is 0.600. The number of hydrogen-bond donors (Lipinski definition) is 2. The van der Waals surface area contributed by atoms with E-state index in [2.05, 4.69) is 19.2 Å². The molecule has 2 atom stereocenters. The van der Waals surface area contributed by atoms with E-state index < -0.39 is 0 Å². The highest BCUT2D eigenvalue weighted by Crippen LogP contribution is 2.11. The molecule has 0 aromatic heterocycles.